The van der Waals surface area contributed by atoms with Gasteiger partial charge >= 0.3 is 0 Å². The van der Waals surface area contributed by atoms with E-state index in [0.29, 0.717) is 12.2 Å². The first kappa shape index (κ1) is 39.7. The quantitative estimate of drug-likeness (QED) is 0.0944. The minimum Gasteiger partial charge on any atom is -0.457 e. The molecule has 0 radical (unpaired) electrons. The van der Waals surface area contributed by atoms with Gasteiger partial charge in [0, 0.05) is 65.1 Å². The number of aromatic nitrogens is 3. The van der Waals surface area contributed by atoms with Gasteiger partial charge in [-0.05, 0) is 72.8 Å². The van der Waals surface area contributed by atoms with Gasteiger partial charge in [-0.3, -0.25) is 23.8 Å². The molecule has 0 aliphatic carbocycles. The SMILES string of the molecule is C1=[N+](c2ccc(Oc3ccccc3)cc2)Cn2ccc3cccc1c32.N#Cc1ccccc1[N+]1=Cc2cccc3ccn(c23)C1.O=[N+]([O-])c1cccc([N+]2=Cc3cccc4ccn(c34)C2)c1. The molecule has 0 atom stereocenters. The van der Waals surface area contributed by atoms with Gasteiger partial charge in [0.05, 0.1) is 44.2 Å². The summed E-state index contributed by atoms with van der Waals surface area (Å²) in [5.41, 5.74) is 11.1. The van der Waals surface area contributed by atoms with Crippen molar-refractivity contribution < 1.29 is 23.4 Å². The minimum atomic E-state index is -0.366. The molecule has 66 heavy (non-hydrogen) atoms. The maximum absolute atomic E-state index is 10.9. The fraction of sp³-hybridized carbons (Fsp3) is 0.0545. The summed E-state index contributed by atoms with van der Waals surface area (Å²) in [5.74, 6) is 1.69. The van der Waals surface area contributed by atoms with Gasteiger partial charge in [0.25, 0.3) is 5.69 Å². The largest absolute Gasteiger partial charge is 0.457 e. The van der Waals surface area contributed by atoms with Crippen LogP contribution in [0.1, 0.15) is 22.3 Å². The van der Waals surface area contributed by atoms with Crippen LogP contribution >= 0.6 is 0 Å². The molecule has 10 aromatic rings. The topological polar surface area (TPSA) is 100.0 Å². The van der Waals surface area contributed by atoms with Crippen molar-refractivity contribution in [2.24, 2.45) is 0 Å². The molecule has 0 saturated carbocycles. The lowest BCUT2D eigenvalue weighted by Gasteiger charge is -2.13. The Morgan fingerprint density at radius 2 is 0.985 bits per heavy atom. The van der Waals surface area contributed by atoms with Crippen LogP contribution in [0, 0.1) is 21.4 Å². The lowest BCUT2D eigenvalue weighted by Crippen LogP contribution is -2.18. The second-order valence-electron chi connectivity index (χ2n) is 16.2. The third-order valence-electron chi connectivity index (χ3n) is 12.1. The molecule has 0 spiro atoms. The molecule has 11 nitrogen and oxygen atoms in total. The number of nitrogens with zero attached hydrogens (tertiary/aromatic N) is 8. The first-order valence-electron chi connectivity index (χ1n) is 21.6. The molecule has 11 heteroatoms. The monoisotopic (exact) mass is 861 g/mol. The third kappa shape index (κ3) is 7.58. The van der Waals surface area contributed by atoms with Gasteiger partial charge in [-0.2, -0.15) is 19.0 Å². The molecule has 316 valence electrons. The van der Waals surface area contributed by atoms with Crippen LogP contribution in [0.2, 0.25) is 0 Å². The van der Waals surface area contributed by atoms with E-state index >= 15 is 0 Å². The Morgan fingerprint density at radius 1 is 0.500 bits per heavy atom. The third-order valence-corrected chi connectivity index (χ3v) is 12.1. The Labute approximate surface area is 379 Å². The zero-order valence-electron chi connectivity index (χ0n) is 35.6. The number of hydrogen-bond acceptors (Lipinski definition) is 4. The summed E-state index contributed by atoms with van der Waals surface area (Å²) in [7, 11) is 0. The molecule has 7 aromatic carbocycles. The van der Waals surface area contributed by atoms with Gasteiger partial charge in [0.15, 0.2) is 18.6 Å². The zero-order valence-corrected chi connectivity index (χ0v) is 35.6. The first-order chi connectivity index (χ1) is 32.5. The molecule has 0 fully saturated rings. The van der Waals surface area contributed by atoms with Crippen LogP contribution in [0.15, 0.2) is 195 Å². The molecule has 3 aliphatic heterocycles. The highest BCUT2D eigenvalue weighted by atomic mass is 16.6. The van der Waals surface area contributed by atoms with Crippen LogP contribution in [0.5, 0.6) is 11.5 Å². The molecule has 0 amide bonds. The van der Waals surface area contributed by atoms with Crippen LogP contribution in [0.4, 0.5) is 22.7 Å². The first-order valence-corrected chi connectivity index (χ1v) is 21.6. The maximum atomic E-state index is 10.9. The second-order valence-corrected chi connectivity index (χ2v) is 16.2. The van der Waals surface area contributed by atoms with Crippen LogP contribution in [0.25, 0.3) is 32.7 Å². The Morgan fingerprint density at radius 3 is 1.55 bits per heavy atom. The predicted octanol–water partition coefficient (Wildman–Crippen LogP) is 11.7. The highest BCUT2D eigenvalue weighted by Gasteiger charge is 2.24. The van der Waals surface area contributed by atoms with Crippen LogP contribution < -0.4 is 4.74 Å². The van der Waals surface area contributed by atoms with E-state index in [1.807, 2.05) is 95.8 Å². The van der Waals surface area contributed by atoms with E-state index in [4.69, 9.17) is 4.74 Å². The number of nitriles is 1. The van der Waals surface area contributed by atoms with Crippen molar-refractivity contribution in [1.29, 1.82) is 5.26 Å². The molecule has 0 N–H and O–H groups in total. The lowest BCUT2D eigenvalue weighted by molar-refractivity contribution is -0.472. The van der Waals surface area contributed by atoms with E-state index in [1.165, 1.54) is 49.9 Å². The molecular formula is C55H41N8O3+3. The van der Waals surface area contributed by atoms with Crippen molar-refractivity contribution in [1.82, 2.24) is 13.7 Å². The predicted molar refractivity (Wildman–Crippen MR) is 258 cm³/mol. The summed E-state index contributed by atoms with van der Waals surface area (Å²) in [6, 6.07) is 60.1. The van der Waals surface area contributed by atoms with Gasteiger partial charge in [-0.25, -0.2) is 0 Å². The molecular weight excluding hydrogens is 821 g/mol. The van der Waals surface area contributed by atoms with Gasteiger partial charge in [-0.15, -0.1) is 0 Å². The number of non-ortho nitro benzene ring substituents is 1. The summed E-state index contributed by atoms with van der Waals surface area (Å²) in [6.45, 7) is 2.21. The van der Waals surface area contributed by atoms with E-state index in [0.717, 1.165) is 47.5 Å². The lowest BCUT2D eigenvalue weighted by atomic mass is 10.1. The summed E-state index contributed by atoms with van der Waals surface area (Å²) in [5, 5.41) is 23.9. The van der Waals surface area contributed by atoms with Gasteiger partial charge in [0.2, 0.25) is 37.1 Å². The number of hydrogen-bond donors (Lipinski definition) is 0. The summed E-state index contributed by atoms with van der Waals surface area (Å²) < 4.78 is 19.0. The van der Waals surface area contributed by atoms with Crippen molar-refractivity contribution >= 4 is 74.1 Å². The van der Waals surface area contributed by atoms with Crippen molar-refractivity contribution in [3.8, 4) is 17.6 Å². The number of ether oxygens (including phenoxy) is 1. The number of para-hydroxylation sites is 5. The molecule has 6 heterocycles. The molecule has 0 bridgehead atoms. The average Bonchev–Trinajstić information content (AvgIpc) is 4.12. The molecule has 0 unspecified atom stereocenters. The normalized spacial score (nSPS) is 13.0. The number of nitro benzene ring substituents is 1. The Kier molecular flexibility index (Phi) is 10.1. The number of benzene rings is 7. The van der Waals surface area contributed by atoms with E-state index < -0.39 is 0 Å². The molecule has 0 saturated heterocycles. The van der Waals surface area contributed by atoms with Crippen LogP contribution in [-0.2, 0) is 20.0 Å². The van der Waals surface area contributed by atoms with Crippen molar-refractivity contribution in [2.75, 3.05) is 0 Å². The van der Waals surface area contributed by atoms with Crippen LogP contribution in [-0.4, -0.2) is 51.0 Å². The van der Waals surface area contributed by atoms with Gasteiger partial charge < -0.3 is 4.74 Å². The second kappa shape index (κ2) is 16.9. The Bertz CT molecular complexity index is 3640. The maximum Gasteiger partial charge on any atom is 0.276 e. The van der Waals surface area contributed by atoms with Gasteiger partial charge in [0.1, 0.15) is 23.1 Å². The van der Waals surface area contributed by atoms with Crippen molar-refractivity contribution in [3.05, 3.63) is 227 Å². The van der Waals surface area contributed by atoms with Crippen molar-refractivity contribution in [2.45, 2.75) is 20.0 Å². The standard InChI is InChI=1S/C22H17N2O.C17H12N3.C16H12N3O2/c1-2-7-20(8-3-1)25-21-11-9-19(10-12-21)24-15-18-6-4-5-17-13-14-23(16-24)22(17)18;18-10-14-4-1-2-7-16(14)20-11-15-6-3-5-13-8-9-19(12-20)17(13)15;20-19(21)15-6-2-5-14(9-15)18-10-13-4-1-3-12-7-8-17(11-18)16(12)13/h1-15H,16H2;1-9,11H,12H2;1-10H,11H2/q3*+1. The summed E-state index contributed by atoms with van der Waals surface area (Å²) in [6.07, 6.45) is 12.7. The average molecular weight is 862 g/mol. The van der Waals surface area contributed by atoms with E-state index in [-0.39, 0.29) is 10.6 Å². The summed E-state index contributed by atoms with van der Waals surface area (Å²) in [4.78, 5) is 10.6. The highest BCUT2D eigenvalue weighted by molar-refractivity contribution is 5.99. The number of rotatable bonds is 6. The van der Waals surface area contributed by atoms with Crippen molar-refractivity contribution in [3.63, 3.8) is 0 Å². The Balaban J connectivity index is 0.000000110. The Hall–Kier alpha value is -9.14. The van der Waals surface area contributed by atoms with Gasteiger partial charge in [-0.1, -0.05) is 66.7 Å². The molecule has 13 rings (SSSR count). The zero-order chi connectivity index (χ0) is 44.6. The molecule has 3 aromatic heterocycles. The fourth-order valence-corrected chi connectivity index (χ4v) is 9.05. The summed E-state index contributed by atoms with van der Waals surface area (Å²) >= 11 is 0. The van der Waals surface area contributed by atoms with E-state index in [9.17, 15) is 15.4 Å². The van der Waals surface area contributed by atoms with E-state index in [1.54, 1.807) is 12.1 Å². The molecule has 3 aliphatic rings. The minimum absolute atomic E-state index is 0.109. The van der Waals surface area contributed by atoms with E-state index in [2.05, 4.69) is 133 Å². The van der Waals surface area contributed by atoms with Crippen LogP contribution in [0.3, 0.4) is 0 Å². The fourth-order valence-electron chi connectivity index (χ4n) is 9.05. The number of nitro groups is 1. The smallest absolute Gasteiger partial charge is 0.276 e. The highest BCUT2D eigenvalue weighted by Crippen LogP contribution is 2.30.